The van der Waals surface area contributed by atoms with Gasteiger partial charge in [0.25, 0.3) is 5.91 Å². The Hall–Kier alpha value is -1.06. The van der Waals surface area contributed by atoms with Crippen LogP contribution < -0.4 is 5.32 Å². The van der Waals surface area contributed by atoms with Gasteiger partial charge in [-0.3, -0.25) is 10.1 Å². The zero-order valence-electron chi connectivity index (χ0n) is 6.38. The molecule has 1 amide bonds. The van der Waals surface area contributed by atoms with Crippen molar-refractivity contribution in [1.29, 1.82) is 0 Å². The Morgan fingerprint density at radius 2 is 2.20 bits per heavy atom. The van der Waals surface area contributed by atoms with Gasteiger partial charge in [-0.15, -0.1) is 0 Å². The highest BCUT2D eigenvalue weighted by molar-refractivity contribution is 6.04. The van der Waals surface area contributed by atoms with Crippen LogP contribution >= 0.6 is 0 Å². The van der Waals surface area contributed by atoms with E-state index in [0.29, 0.717) is 5.96 Å². The Bertz CT molecular complexity index is 185. The molecule has 10 heavy (non-hydrogen) atoms. The van der Waals surface area contributed by atoms with Gasteiger partial charge in [0.1, 0.15) is 6.04 Å². The van der Waals surface area contributed by atoms with Gasteiger partial charge in [0.05, 0.1) is 0 Å². The fourth-order valence-electron chi connectivity index (χ4n) is 0.716. The summed E-state index contributed by atoms with van der Waals surface area (Å²) in [6, 6.07) is -0.225. The zero-order chi connectivity index (χ0) is 7.72. The van der Waals surface area contributed by atoms with E-state index in [1.54, 1.807) is 11.8 Å². The van der Waals surface area contributed by atoms with Gasteiger partial charge in [-0.25, -0.2) is 4.99 Å². The second-order valence-electron chi connectivity index (χ2n) is 2.51. The van der Waals surface area contributed by atoms with Crippen LogP contribution in [-0.4, -0.2) is 36.9 Å². The molecule has 0 fully saturated rings. The van der Waals surface area contributed by atoms with Crippen molar-refractivity contribution in [2.45, 2.75) is 13.0 Å². The molecule has 1 N–H and O–H groups in total. The number of hydrogen-bond donors (Lipinski definition) is 1. The number of guanidine groups is 1. The smallest absolute Gasteiger partial charge is 0.251 e. The Morgan fingerprint density at radius 1 is 1.60 bits per heavy atom. The van der Waals surface area contributed by atoms with E-state index < -0.39 is 0 Å². The van der Waals surface area contributed by atoms with E-state index >= 15 is 0 Å². The molecule has 0 aromatic heterocycles. The van der Waals surface area contributed by atoms with Gasteiger partial charge >= 0.3 is 0 Å². The highest BCUT2D eigenvalue weighted by atomic mass is 16.2. The van der Waals surface area contributed by atoms with E-state index in [4.69, 9.17) is 0 Å². The van der Waals surface area contributed by atoms with E-state index in [1.807, 2.05) is 14.1 Å². The van der Waals surface area contributed by atoms with Crippen LogP contribution in [0, 0.1) is 0 Å². The monoisotopic (exact) mass is 141 g/mol. The molecular formula is C6H11N3O. The summed E-state index contributed by atoms with van der Waals surface area (Å²) >= 11 is 0. The molecule has 4 nitrogen and oxygen atoms in total. The highest BCUT2D eigenvalue weighted by Crippen LogP contribution is 1.98. The molecule has 0 saturated carbocycles. The van der Waals surface area contributed by atoms with Crippen molar-refractivity contribution in [2.75, 3.05) is 14.1 Å². The number of amides is 1. The highest BCUT2D eigenvalue weighted by Gasteiger charge is 2.22. The van der Waals surface area contributed by atoms with Gasteiger partial charge < -0.3 is 4.90 Å². The molecule has 0 bridgehead atoms. The first-order valence-electron chi connectivity index (χ1n) is 3.17. The first-order chi connectivity index (χ1) is 4.61. The minimum atomic E-state index is -0.225. The van der Waals surface area contributed by atoms with E-state index in [0.717, 1.165) is 0 Å². The molecule has 0 aliphatic carbocycles. The molecule has 1 unspecified atom stereocenters. The summed E-state index contributed by atoms with van der Waals surface area (Å²) in [7, 11) is 3.69. The lowest BCUT2D eigenvalue weighted by molar-refractivity contribution is -0.119. The third-order valence-electron chi connectivity index (χ3n) is 1.35. The summed E-state index contributed by atoms with van der Waals surface area (Å²) in [6.07, 6.45) is 0. The molecule has 1 aliphatic heterocycles. The predicted octanol–water partition coefficient (Wildman–Crippen LogP) is -0.578. The maximum Gasteiger partial charge on any atom is 0.251 e. The van der Waals surface area contributed by atoms with Crippen LogP contribution in [0.15, 0.2) is 4.99 Å². The Labute approximate surface area is 59.9 Å². The summed E-state index contributed by atoms with van der Waals surface area (Å²) in [4.78, 5) is 16.7. The molecule has 1 heterocycles. The van der Waals surface area contributed by atoms with Crippen LogP contribution in [0.25, 0.3) is 0 Å². The molecule has 0 spiro atoms. The first kappa shape index (κ1) is 7.05. The minimum Gasteiger partial charge on any atom is -0.349 e. The van der Waals surface area contributed by atoms with E-state index in [2.05, 4.69) is 10.3 Å². The molecular weight excluding hydrogens is 130 g/mol. The molecule has 0 radical (unpaired) electrons. The number of nitrogens with one attached hydrogen (secondary N) is 1. The summed E-state index contributed by atoms with van der Waals surface area (Å²) in [6.45, 7) is 1.77. The van der Waals surface area contributed by atoms with Crippen LogP contribution in [0.2, 0.25) is 0 Å². The molecule has 1 atom stereocenters. The van der Waals surface area contributed by atoms with Gasteiger partial charge in [0.2, 0.25) is 5.96 Å². The fraction of sp³-hybridized carbons (Fsp3) is 0.667. The molecule has 0 aromatic rings. The van der Waals surface area contributed by atoms with E-state index in [-0.39, 0.29) is 11.9 Å². The molecule has 1 aliphatic rings. The topological polar surface area (TPSA) is 44.7 Å². The lowest BCUT2D eigenvalue weighted by Crippen LogP contribution is -2.36. The summed E-state index contributed by atoms with van der Waals surface area (Å²) in [5, 5.41) is 2.64. The number of rotatable bonds is 0. The summed E-state index contributed by atoms with van der Waals surface area (Å²) < 4.78 is 0. The average molecular weight is 141 g/mol. The van der Waals surface area contributed by atoms with Crippen molar-refractivity contribution in [3.8, 4) is 0 Å². The number of aliphatic imine (C=N–C) groups is 1. The van der Waals surface area contributed by atoms with E-state index in [1.165, 1.54) is 0 Å². The van der Waals surface area contributed by atoms with Gasteiger partial charge in [0.15, 0.2) is 0 Å². The largest absolute Gasteiger partial charge is 0.349 e. The zero-order valence-corrected chi connectivity index (χ0v) is 6.38. The predicted molar refractivity (Wildman–Crippen MR) is 38.7 cm³/mol. The van der Waals surface area contributed by atoms with Crippen molar-refractivity contribution >= 4 is 11.9 Å². The number of nitrogens with zero attached hydrogens (tertiary/aromatic N) is 2. The Morgan fingerprint density at radius 3 is 2.40 bits per heavy atom. The SMILES string of the molecule is CC1N=C(N(C)C)NC1=O. The normalized spacial score (nSPS) is 24.1. The van der Waals surface area contributed by atoms with Crippen LogP contribution in [-0.2, 0) is 4.79 Å². The summed E-state index contributed by atoms with van der Waals surface area (Å²) in [5.41, 5.74) is 0. The van der Waals surface area contributed by atoms with Crippen LogP contribution in [0.4, 0.5) is 0 Å². The molecule has 56 valence electrons. The van der Waals surface area contributed by atoms with Crippen LogP contribution in [0.5, 0.6) is 0 Å². The standard InChI is InChI=1S/C6H11N3O/c1-4-5(10)8-6(7-4)9(2)3/h4H,1-3H3,(H,7,8,10). The lowest BCUT2D eigenvalue weighted by Gasteiger charge is -2.09. The second-order valence-corrected chi connectivity index (χ2v) is 2.51. The number of carbonyl (C=O) groups excluding carboxylic acids is 1. The van der Waals surface area contributed by atoms with Gasteiger partial charge in [-0.1, -0.05) is 0 Å². The van der Waals surface area contributed by atoms with Crippen molar-refractivity contribution in [1.82, 2.24) is 10.2 Å². The lowest BCUT2D eigenvalue weighted by atomic mass is 10.4. The van der Waals surface area contributed by atoms with Crippen LogP contribution in [0.3, 0.4) is 0 Å². The van der Waals surface area contributed by atoms with E-state index in [9.17, 15) is 4.79 Å². The van der Waals surface area contributed by atoms with Crippen molar-refractivity contribution in [2.24, 2.45) is 4.99 Å². The molecule has 0 saturated heterocycles. The van der Waals surface area contributed by atoms with Crippen molar-refractivity contribution in [3.05, 3.63) is 0 Å². The van der Waals surface area contributed by atoms with Crippen molar-refractivity contribution in [3.63, 3.8) is 0 Å². The Balaban J connectivity index is 2.67. The minimum absolute atomic E-state index is 0.0244. The van der Waals surface area contributed by atoms with Gasteiger partial charge in [-0.05, 0) is 6.92 Å². The molecule has 1 rings (SSSR count). The third-order valence-corrected chi connectivity index (χ3v) is 1.35. The molecule has 0 aromatic carbocycles. The maximum absolute atomic E-state index is 10.8. The average Bonchev–Trinajstić information content (AvgIpc) is 2.13. The maximum atomic E-state index is 10.8. The fourth-order valence-corrected chi connectivity index (χ4v) is 0.716. The first-order valence-corrected chi connectivity index (χ1v) is 3.17. The number of carbonyl (C=O) groups is 1. The van der Waals surface area contributed by atoms with Crippen molar-refractivity contribution < 1.29 is 4.79 Å². The molecule has 4 heteroatoms. The van der Waals surface area contributed by atoms with Crippen LogP contribution in [0.1, 0.15) is 6.92 Å². The summed E-state index contributed by atoms with van der Waals surface area (Å²) in [5.74, 6) is 0.626. The number of hydrogen-bond acceptors (Lipinski definition) is 3. The quantitative estimate of drug-likeness (QED) is 0.490. The second kappa shape index (κ2) is 2.28. The Kier molecular flexibility index (Phi) is 1.61. The van der Waals surface area contributed by atoms with Gasteiger partial charge in [-0.2, -0.15) is 0 Å². The third kappa shape index (κ3) is 1.10. The van der Waals surface area contributed by atoms with Gasteiger partial charge in [0, 0.05) is 14.1 Å².